The van der Waals surface area contributed by atoms with Crippen molar-refractivity contribution in [3.8, 4) is 16.9 Å². The maximum Gasteiger partial charge on any atom is 0.166 e. The van der Waals surface area contributed by atoms with E-state index in [0.717, 1.165) is 11.1 Å². The highest BCUT2D eigenvalue weighted by atomic mass is 35.5. The average molecular weight is 481 g/mol. The Morgan fingerprint density at radius 2 is 2.09 bits per heavy atom. The largest absolute Gasteiger partial charge is 0.482 e. The normalized spacial score (nSPS) is 18.6. The van der Waals surface area contributed by atoms with Crippen LogP contribution in [0.1, 0.15) is 32.4 Å². The highest BCUT2D eigenvalue weighted by molar-refractivity contribution is 6.36. The van der Waals surface area contributed by atoms with E-state index in [4.69, 9.17) is 43.1 Å². The van der Waals surface area contributed by atoms with Gasteiger partial charge in [-0.2, -0.15) is 5.10 Å². The Bertz CT molecular complexity index is 1140. The number of benzene rings is 1. The van der Waals surface area contributed by atoms with Gasteiger partial charge in [-0.15, -0.1) is 0 Å². The van der Waals surface area contributed by atoms with Crippen molar-refractivity contribution in [2.24, 2.45) is 0 Å². The summed E-state index contributed by atoms with van der Waals surface area (Å²) in [5.41, 5.74) is 7.94. The number of nitrogens with zero attached hydrogens (tertiary/aromatic N) is 3. The first-order valence-electron chi connectivity index (χ1n) is 10.0. The molecule has 7 nitrogen and oxygen atoms in total. The molecule has 0 bridgehead atoms. The summed E-state index contributed by atoms with van der Waals surface area (Å²) in [5, 5.41) is 4.61. The second-order valence-corrected chi connectivity index (χ2v) is 8.81. The van der Waals surface area contributed by atoms with Gasteiger partial charge in [-0.05, 0) is 39.0 Å². The van der Waals surface area contributed by atoms with Crippen molar-refractivity contribution in [3.63, 3.8) is 0 Å². The summed E-state index contributed by atoms with van der Waals surface area (Å²) < 4.78 is 33.1. The van der Waals surface area contributed by atoms with Gasteiger partial charge in [0, 0.05) is 34.1 Å². The van der Waals surface area contributed by atoms with E-state index in [1.54, 1.807) is 30.1 Å². The third kappa shape index (κ3) is 4.83. The van der Waals surface area contributed by atoms with E-state index >= 15 is 0 Å². The molecule has 2 unspecified atom stereocenters. The number of rotatable bonds is 6. The number of anilines is 1. The van der Waals surface area contributed by atoms with Gasteiger partial charge in [0.25, 0.3) is 0 Å². The van der Waals surface area contributed by atoms with Crippen molar-refractivity contribution in [1.29, 1.82) is 0 Å². The zero-order valence-corrected chi connectivity index (χ0v) is 19.3. The average Bonchev–Trinajstić information content (AvgIpc) is 3.33. The lowest BCUT2D eigenvalue weighted by atomic mass is 10.1. The summed E-state index contributed by atoms with van der Waals surface area (Å²) in [6.07, 6.45) is 4.50. The first kappa shape index (κ1) is 22.8. The van der Waals surface area contributed by atoms with Crippen molar-refractivity contribution < 1.29 is 18.6 Å². The van der Waals surface area contributed by atoms with E-state index in [-0.39, 0.29) is 16.9 Å². The number of nitrogen functional groups attached to an aromatic ring is 1. The van der Waals surface area contributed by atoms with Crippen molar-refractivity contribution in [1.82, 2.24) is 14.8 Å². The number of hydrogen-bond acceptors (Lipinski definition) is 6. The van der Waals surface area contributed by atoms with Gasteiger partial charge in [0.15, 0.2) is 17.4 Å². The highest BCUT2D eigenvalue weighted by Gasteiger charge is 2.32. The van der Waals surface area contributed by atoms with E-state index in [9.17, 15) is 4.39 Å². The Labute approximate surface area is 195 Å². The Morgan fingerprint density at radius 3 is 2.81 bits per heavy atom. The molecule has 0 aliphatic carbocycles. The number of halogens is 3. The lowest BCUT2D eigenvalue weighted by Gasteiger charge is -2.19. The molecule has 10 heteroatoms. The Kier molecular flexibility index (Phi) is 6.31. The lowest BCUT2D eigenvalue weighted by Crippen LogP contribution is -2.24. The molecule has 1 fully saturated rings. The van der Waals surface area contributed by atoms with E-state index < -0.39 is 17.7 Å². The van der Waals surface area contributed by atoms with Crippen LogP contribution in [0.4, 0.5) is 10.2 Å². The summed E-state index contributed by atoms with van der Waals surface area (Å²) >= 11 is 12.3. The van der Waals surface area contributed by atoms with Crippen LogP contribution in [0, 0.1) is 5.82 Å². The predicted molar refractivity (Wildman–Crippen MR) is 120 cm³/mol. The fourth-order valence-corrected chi connectivity index (χ4v) is 4.22. The number of pyridine rings is 1. The second-order valence-electron chi connectivity index (χ2n) is 8.03. The van der Waals surface area contributed by atoms with Crippen molar-refractivity contribution in [2.45, 2.75) is 45.3 Å². The van der Waals surface area contributed by atoms with Gasteiger partial charge in [-0.3, -0.25) is 4.68 Å². The van der Waals surface area contributed by atoms with Gasteiger partial charge in [0.2, 0.25) is 0 Å². The number of hydrogen-bond donors (Lipinski definition) is 1. The minimum atomic E-state index is -0.657. The predicted octanol–water partition coefficient (Wildman–Crippen LogP) is 5.26. The van der Waals surface area contributed by atoms with E-state index in [2.05, 4.69) is 10.1 Å². The molecule has 1 aliphatic heterocycles. The van der Waals surface area contributed by atoms with Crippen LogP contribution >= 0.6 is 23.2 Å². The zero-order chi connectivity index (χ0) is 23.0. The molecule has 4 rings (SSSR count). The Morgan fingerprint density at radius 1 is 1.31 bits per heavy atom. The zero-order valence-electron chi connectivity index (χ0n) is 17.8. The van der Waals surface area contributed by atoms with Crippen LogP contribution in [0.5, 0.6) is 5.75 Å². The molecule has 1 aromatic carbocycles. The molecule has 0 amide bonds. The molecule has 1 saturated heterocycles. The third-order valence-corrected chi connectivity index (χ3v) is 5.81. The Hall–Kier alpha value is -2.39. The van der Waals surface area contributed by atoms with Crippen molar-refractivity contribution >= 4 is 29.0 Å². The van der Waals surface area contributed by atoms with E-state index in [0.29, 0.717) is 29.5 Å². The molecule has 3 aromatic rings. The summed E-state index contributed by atoms with van der Waals surface area (Å²) in [6, 6.07) is 4.39. The first-order chi connectivity index (χ1) is 15.1. The molecule has 1 aliphatic rings. The SMILES string of the molecule is CC(Oc1cc(-c2cnn(CC3COC(C)(C)O3)c2)cnc1N)c1c(Cl)ccc(F)c1Cl. The fraction of sp³-hybridized carbons (Fsp3) is 0.364. The molecule has 170 valence electrons. The van der Waals surface area contributed by atoms with Crippen LogP contribution in [0.25, 0.3) is 11.1 Å². The molecule has 2 atom stereocenters. The van der Waals surface area contributed by atoms with Gasteiger partial charge in [-0.25, -0.2) is 9.37 Å². The molecule has 2 N–H and O–H groups in total. The first-order valence-corrected chi connectivity index (χ1v) is 10.8. The molecule has 2 aromatic heterocycles. The third-order valence-electron chi connectivity index (χ3n) is 5.10. The summed E-state index contributed by atoms with van der Waals surface area (Å²) in [5.74, 6) is -0.643. The van der Waals surface area contributed by atoms with Crippen LogP contribution in [0.2, 0.25) is 10.0 Å². The molecule has 0 radical (unpaired) electrons. The summed E-state index contributed by atoms with van der Waals surface area (Å²) in [7, 11) is 0. The molecule has 0 saturated carbocycles. The van der Waals surface area contributed by atoms with E-state index in [1.165, 1.54) is 12.1 Å². The van der Waals surface area contributed by atoms with Gasteiger partial charge in [0.05, 0.1) is 24.4 Å². The summed E-state index contributed by atoms with van der Waals surface area (Å²) in [6.45, 7) is 6.54. The summed E-state index contributed by atoms with van der Waals surface area (Å²) in [4.78, 5) is 4.23. The standard InChI is InChI=1S/C22H23Cl2FN4O3/c1-12(19-16(23)4-5-17(25)20(19)24)31-18-6-13(7-27-21(18)26)14-8-28-29(9-14)10-15-11-30-22(2,3)32-15/h4-9,12,15H,10-11H2,1-3H3,(H2,26,27). The molecular weight excluding hydrogens is 458 g/mol. The van der Waals surface area contributed by atoms with Gasteiger partial charge < -0.3 is 19.9 Å². The van der Waals surface area contributed by atoms with Crippen molar-refractivity contribution in [3.05, 3.63) is 58.2 Å². The minimum Gasteiger partial charge on any atom is -0.482 e. The van der Waals surface area contributed by atoms with E-state index in [1.807, 2.05) is 20.0 Å². The number of aromatic nitrogens is 3. The smallest absolute Gasteiger partial charge is 0.166 e. The van der Waals surface area contributed by atoms with Gasteiger partial charge >= 0.3 is 0 Å². The van der Waals surface area contributed by atoms with Crippen LogP contribution < -0.4 is 10.5 Å². The quantitative estimate of drug-likeness (QED) is 0.484. The molecular formula is C22H23Cl2FN4O3. The fourth-order valence-electron chi connectivity index (χ4n) is 3.55. The molecule has 0 spiro atoms. The topological polar surface area (TPSA) is 84.4 Å². The van der Waals surface area contributed by atoms with Gasteiger partial charge in [0.1, 0.15) is 18.0 Å². The lowest BCUT2D eigenvalue weighted by molar-refractivity contribution is -0.139. The highest BCUT2D eigenvalue weighted by Crippen LogP contribution is 2.37. The Balaban J connectivity index is 1.52. The molecule has 32 heavy (non-hydrogen) atoms. The van der Waals surface area contributed by atoms with Crippen LogP contribution in [-0.2, 0) is 16.0 Å². The maximum atomic E-state index is 13.9. The minimum absolute atomic E-state index is 0.0807. The van der Waals surface area contributed by atoms with Gasteiger partial charge in [-0.1, -0.05) is 23.2 Å². The molecule has 3 heterocycles. The number of ether oxygens (including phenoxy) is 3. The maximum absolute atomic E-state index is 13.9. The second kappa shape index (κ2) is 8.86. The van der Waals surface area contributed by atoms with Crippen LogP contribution in [-0.4, -0.2) is 33.3 Å². The van der Waals surface area contributed by atoms with Crippen LogP contribution in [0.3, 0.4) is 0 Å². The monoisotopic (exact) mass is 480 g/mol. The number of nitrogens with two attached hydrogens (primary N) is 1. The van der Waals surface area contributed by atoms with Crippen molar-refractivity contribution in [2.75, 3.05) is 12.3 Å². The van der Waals surface area contributed by atoms with Crippen LogP contribution in [0.15, 0.2) is 36.8 Å².